The van der Waals surface area contributed by atoms with Gasteiger partial charge in [0.1, 0.15) is 0 Å². The molecule has 1 heterocycles. The number of anilines is 1. The summed E-state index contributed by atoms with van der Waals surface area (Å²) in [7, 11) is 3.60. The fraction of sp³-hybridized carbons (Fsp3) is 0.556. The summed E-state index contributed by atoms with van der Waals surface area (Å²) in [5.41, 5.74) is 6.33. The lowest BCUT2D eigenvalue weighted by molar-refractivity contribution is 0.206. The lowest BCUT2D eigenvalue weighted by Gasteiger charge is -2.16. The van der Waals surface area contributed by atoms with Crippen molar-refractivity contribution in [2.45, 2.75) is 6.54 Å². The molecule has 0 bridgehead atoms. The summed E-state index contributed by atoms with van der Waals surface area (Å²) in [6.07, 6.45) is 1.72. The van der Waals surface area contributed by atoms with Gasteiger partial charge in [0, 0.05) is 33.4 Å². The van der Waals surface area contributed by atoms with Crippen LogP contribution >= 0.6 is 0 Å². The minimum Gasteiger partial charge on any atom is -0.383 e. The maximum atomic E-state index is 5.49. The molecule has 0 saturated heterocycles. The third-order valence-corrected chi connectivity index (χ3v) is 1.88. The molecular formula is C9H16N4O. The Morgan fingerprint density at radius 1 is 1.57 bits per heavy atom. The lowest BCUT2D eigenvalue weighted by atomic mass is 10.4. The van der Waals surface area contributed by atoms with Crippen molar-refractivity contribution < 1.29 is 4.74 Å². The third-order valence-electron chi connectivity index (χ3n) is 1.88. The average Bonchev–Trinajstić information content (AvgIpc) is 2.26. The predicted molar refractivity (Wildman–Crippen MR) is 55.1 cm³/mol. The quantitative estimate of drug-likeness (QED) is 0.719. The fourth-order valence-electron chi connectivity index (χ4n) is 1.01. The summed E-state index contributed by atoms with van der Waals surface area (Å²) in [6.45, 7) is 1.87. The normalized spacial score (nSPS) is 10.2. The van der Waals surface area contributed by atoms with Crippen molar-refractivity contribution in [2.75, 3.05) is 32.2 Å². The van der Waals surface area contributed by atoms with E-state index in [1.165, 1.54) is 0 Å². The highest BCUT2D eigenvalue weighted by molar-refractivity contribution is 5.28. The van der Waals surface area contributed by atoms with Gasteiger partial charge in [0.2, 0.25) is 5.95 Å². The number of nitrogens with zero attached hydrogens (tertiary/aromatic N) is 3. The average molecular weight is 196 g/mol. The van der Waals surface area contributed by atoms with Crippen LogP contribution in [-0.2, 0) is 11.3 Å². The highest BCUT2D eigenvalue weighted by Crippen LogP contribution is 2.04. The van der Waals surface area contributed by atoms with Gasteiger partial charge in [-0.25, -0.2) is 9.97 Å². The summed E-state index contributed by atoms with van der Waals surface area (Å²) in [5, 5.41) is 0. The third kappa shape index (κ3) is 2.93. The Kier molecular flexibility index (Phi) is 4.28. The van der Waals surface area contributed by atoms with E-state index in [0.29, 0.717) is 19.1 Å². The second-order valence-corrected chi connectivity index (χ2v) is 2.97. The predicted octanol–water partition coefficient (Wildman–Crippen LogP) is 0.0179. The van der Waals surface area contributed by atoms with E-state index in [-0.39, 0.29) is 0 Å². The van der Waals surface area contributed by atoms with Crippen molar-refractivity contribution in [1.29, 1.82) is 0 Å². The Bertz CT molecular complexity index is 279. The Hall–Kier alpha value is -1.20. The summed E-state index contributed by atoms with van der Waals surface area (Å²) < 4.78 is 4.97. The summed E-state index contributed by atoms with van der Waals surface area (Å²) in [5.74, 6) is 0.685. The van der Waals surface area contributed by atoms with Crippen molar-refractivity contribution in [3.8, 4) is 0 Å². The number of rotatable bonds is 5. The van der Waals surface area contributed by atoms with Crippen LogP contribution in [0.5, 0.6) is 0 Å². The molecule has 2 N–H and O–H groups in total. The molecule has 0 aliphatic carbocycles. The Labute approximate surface area is 83.9 Å². The highest BCUT2D eigenvalue weighted by Gasteiger charge is 2.03. The van der Waals surface area contributed by atoms with E-state index in [2.05, 4.69) is 9.97 Å². The van der Waals surface area contributed by atoms with Crippen LogP contribution in [0, 0.1) is 0 Å². The molecule has 0 radical (unpaired) electrons. The van der Waals surface area contributed by atoms with E-state index in [4.69, 9.17) is 10.5 Å². The van der Waals surface area contributed by atoms with E-state index in [1.54, 1.807) is 13.3 Å². The number of likely N-dealkylation sites (N-methyl/N-ethyl adjacent to an activating group) is 1. The van der Waals surface area contributed by atoms with Gasteiger partial charge in [0.15, 0.2) is 0 Å². The minimum atomic E-state index is 0.438. The van der Waals surface area contributed by atoms with Crippen LogP contribution in [0.4, 0.5) is 5.95 Å². The van der Waals surface area contributed by atoms with Crippen LogP contribution in [0.25, 0.3) is 0 Å². The second-order valence-electron chi connectivity index (χ2n) is 2.97. The van der Waals surface area contributed by atoms with Crippen LogP contribution in [0.3, 0.4) is 0 Å². The zero-order chi connectivity index (χ0) is 10.4. The second kappa shape index (κ2) is 5.51. The molecule has 14 heavy (non-hydrogen) atoms. The Morgan fingerprint density at radius 3 is 3.00 bits per heavy atom. The van der Waals surface area contributed by atoms with Crippen molar-refractivity contribution in [1.82, 2.24) is 9.97 Å². The van der Waals surface area contributed by atoms with Gasteiger partial charge in [-0.2, -0.15) is 0 Å². The Balaban J connectivity index is 2.64. The maximum absolute atomic E-state index is 5.49. The number of nitrogens with two attached hydrogens (primary N) is 1. The molecule has 78 valence electrons. The topological polar surface area (TPSA) is 64.3 Å². The first-order chi connectivity index (χ1) is 6.77. The number of hydrogen-bond donors (Lipinski definition) is 1. The van der Waals surface area contributed by atoms with Crippen LogP contribution in [-0.4, -0.2) is 37.3 Å². The van der Waals surface area contributed by atoms with Gasteiger partial charge in [-0.1, -0.05) is 0 Å². The van der Waals surface area contributed by atoms with E-state index < -0.39 is 0 Å². The summed E-state index contributed by atoms with van der Waals surface area (Å²) in [6, 6.07) is 1.81. The number of hydrogen-bond acceptors (Lipinski definition) is 5. The van der Waals surface area contributed by atoms with Crippen LogP contribution in [0.15, 0.2) is 12.3 Å². The maximum Gasteiger partial charge on any atom is 0.225 e. The summed E-state index contributed by atoms with van der Waals surface area (Å²) >= 11 is 0. The molecule has 0 saturated carbocycles. The van der Waals surface area contributed by atoms with Crippen LogP contribution < -0.4 is 10.6 Å². The van der Waals surface area contributed by atoms with Gasteiger partial charge in [-0.05, 0) is 6.07 Å². The van der Waals surface area contributed by atoms with E-state index in [0.717, 1.165) is 12.2 Å². The molecule has 0 aliphatic heterocycles. The van der Waals surface area contributed by atoms with Crippen molar-refractivity contribution in [3.05, 3.63) is 18.0 Å². The molecule has 5 nitrogen and oxygen atoms in total. The van der Waals surface area contributed by atoms with Gasteiger partial charge in [-0.15, -0.1) is 0 Å². The first-order valence-electron chi connectivity index (χ1n) is 4.50. The van der Waals surface area contributed by atoms with E-state index in [1.807, 2.05) is 18.0 Å². The molecule has 0 aromatic carbocycles. The first kappa shape index (κ1) is 10.9. The standard InChI is InChI=1S/C9H16N4O/c1-13(5-6-14-2)9-11-4-3-8(7-10)12-9/h3-4H,5-7,10H2,1-2H3. The summed E-state index contributed by atoms with van der Waals surface area (Å²) in [4.78, 5) is 10.4. The highest BCUT2D eigenvalue weighted by atomic mass is 16.5. The molecule has 0 aliphatic rings. The molecule has 1 rings (SSSR count). The molecule has 0 fully saturated rings. The molecule has 1 aromatic heterocycles. The van der Waals surface area contributed by atoms with E-state index in [9.17, 15) is 0 Å². The lowest BCUT2D eigenvalue weighted by Crippen LogP contribution is -2.24. The van der Waals surface area contributed by atoms with Crippen molar-refractivity contribution >= 4 is 5.95 Å². The van der Waals surface area contributed by atoms with Gasteiger partial charge in [0.05, 0.1) is 12.3 Å². The first-order valence-corrected chi connectivity index (χ1v) is 4.50. The molecule has 0 spiro atoms. The van der Waals surface area contributed by atoms with Gasteiger partial charge >= 0.3 is 0 Å². The Morgan fingerprint density at radius 2 is 2.36 bits per heavy atom. The fourth-order valence-corrected chi connectivity index (χ4v) is 1.01. The van der Waals surface area contributed by atoms with E-state index >= 15 is 0 Å². The largest absolute Gasteiger partial charge is 0.383 e. The minimum absolute atomic E-state index is 0.438. The van der Waals surface area contributed by atoms with Crippen molar-refractivity contribution in [3.63, 3.8) is 0 Å². The number of methoxy groups -OCH3 is 1. The monoisotopic (exact) mass is 196 g/mol. The molecule has 0 atom stereocenters. The number of ether oxygens (including phenoxy) is 1. The molecular weight excluding hydrogens is 180 g/mol. The van der Waals surface area contributed by atoms with Crippen molar-refractivity contribution in [2.24, 2.45) is 5.73 Å². The zero-order valence-electron chi connectivity index (χ0n) is 8.60. The zero-order valence-corrected chi connectivity index (χ0v) is 8.60. The van der Waals surface area contributed by atoms with Gasteiger partial charge in [-0.3, -0.25) is 0 Å². The van der Waals surface area contributed by atoms with Crippen LogP contribution in [0.1, 0.15) is 5.69 Å². The SMILES string of the molecule is COCCN(C)c1nccc(CN)n1. The molecule has 0 amide bonds. The number of aromatic nitrogens is 2. The molecule has 5 heteroatoms. The molecule has 0 unspecified atom stereocenters. The molecule has 1 aromatic rings. The smallest absolute Gasteiger partial charge is 0.225 e. The van der Waals surface area contributed by atoms with Crippen LogP contribution in [0.2, 0.25) is 0 Å². The van der Waals surface area contributed by atoms with Gasteiger partial charge in [0.25, 0.3) is 0 Å². The van der Waals surface area contributed by atoms with Gasteiger partial charge < -0.3 is 15.4 Å².